The van der Waals surface area contributed by atoms with Crippen LogP contribution in [-0.4, -0.2) is 41.3 Å². The van der Waals surface area contributed by atoms with E-state index in [0.29, 0.717) is 0 Å². The molecule has 0 aromatic carbocycles. The lowest BCUT2D eigenvalue weighted by Gasteiger charge is -2.38. The van der Waals surface area contributed by atoms with Crippen LogP contribution in [0.2, 0.25) is 0 Å². The Balaban J connectivity index is 6.20. The number of hydrogen-bond acceptors (Lipinski definition) is 1. The van der Waals surface area contributed by atoms with E-state index in [1.165, 1.54) is 0 Å². The Morgan fingerprint density at radius 1 is 0.571 bits per heavy atom. The van der Waals surface area contributed by atoms with Crippen molar-refractivity contribution in [2.75, 3.05) is 0 Å². The Kier molecular flexibility index (Phi) is 4.61. The van der Waals surface area contributed by atoms with Crippen molar-refractivity contribution < 1.29 is 57.5 Å². The molecular formula is C7HClF12O. The third kappa shape index (κ3) is 2.52. The van der Waals surface area contributed by atoms with Crippen LogP contribution in [0.1, 0.15) is 0 Å². The first kappa shape index (κ1) is 20.1. The van der Waals surface area contributed by atoms with E-state index in [9.17, 15) is 57.5 Å². The number of carbonyl (C=O) groups excluding carboxylic acids is 1. The van der Waals surface area contributed by atoms with Crippen molar-refractivity contribution in [3.63, 3.8) is 0 Å². The average Bonchev–Trinajstić information content (AvgIpc) is 2.26. The third-order valence-electron chi connectivity index (χ3n) is 2.11. The molecule has 0 aliphatic rings. The van der Waals surface area contributed by atoms with Crippen molar-refractivity contribution in [2.45, 2.75) is 35.0 Å². The van der Waals surface area contributed by atoms with Gasteiger partial charge in [0.1, 0.15) is 0 Å². The molecular weight excluding hydrogens is 364 g/mol. The van der Waals surface area contributed by atoms with Crippen LogP contribution in [0.4, 0.5) is 52.7 Å². The maximum atomic E-state index is 12.7. The molecule has 1 unspecified atom stereocenters. The summed E-state index contributed by atoms with van der Waals surface area (Å²) in [5.74, 6) is -30.2. The van der Waals surface area contributed by atoms with Gasteiger partial charge in [0.05, 0.1) is 0 Å². The number of alkyl halides is 13. The number of hydrogen-bond donors (Lipinski definition) is 0. The highest BCUT2D eigenvalue weighted by Crippen LogP contribution is 2.60. The van der Waals surface area contributed by atoms with E-state index in [4.69, 9.17) is 0 Å². The topological polar surface area (TPSA) is 17.1 Å². The minimum absolute atomic E-state index is 1.86. The number of rotatable bonds is 5. The van der Waals surface area contributed by atoms with E-state index in [0.717, 1.165) is 0 Å². The maximum Gasteiger partial charge on any atom is 0.460 e. The lowest BCUT2D eigenvalue weighted by Crippen LogP contribution is -2.70. The van der Waals surface area contributed by atoms with Crippen molar-refractivity contribution in [3.05, 3.63) is 0 Å². The zero-order chi connectivity index (χ0) is 17.7. The zero-order valence-corrected chi connectivity index (χ0v) is 9.66. The van der Waals surface area contributed by atoms with Crippen LogP contribution in [0.15, 0.2) is 0 Å². The summed E-state index contributed by atoms with van der Waals surface area (Å²) >= 11 is 3.84. The highest BCUT2D eigenvalue weighted by molar-refractivity contribution is 6.31. The summed E-state index contributed by atoms with van der Waals surface area (Å²) in [6.45, 7) is 0. The summed E-state index contributed by atoms with van der Waals surface area (Å²) in [6, 6.07) is 0. The Morgan fingerprint density at radius 3 is 1.10 bits per heavy atom. The molecule has 0 aromatic heterocycles. The van der Waals surface area contributed by atoms with Gasteiger partial charge < -0.3 is 0 Å². The summed E-state index contributed by atoms with van der Waals surface area (Å²) in [6.07, 6.45) is -9.23. The fraction of sp³-hybridized carbons (Fsp3) is 0.857. The first-order valence-electron chi connectivity index (χ1n) is 4.23. The Morgan fingerprint density at radius 2 is 0.857 bits per heavy atom. The molecule has 14 heteroatoms. The maximum absolute atomic E-state index is 12.7. The summed E-state index contributed by atoms with van der Waals surface area (Å²) in [5.41, 5.74) is 0. The van der Waals surface area contributed by atoms with Crippen LogP contribution >= 0.6 is 11.6 Å². The molecule has 21 heavy (non-hydrogen) atoms. The second-order valence-corrected chi connectivity index (χ2v) is 4.09. The Labute approximate surface area is 111 Å². The summed E-state index contributed by atoms with van der Waals surface area (Å²) in [4.78, 5) is 9.72. The van der Waals surface area contributed by atoms with E-state index in [-0.39, 0.29) is 0 Å². The van der Waals surface area contributed by atoms with Crippen LogP contribution in [0.5, 0.6) is 0 Å². The smallest absolute Gasteiger partial charge is 0.298 e. The molecule has 1 nitrogen and oxygen atoms in total. The van der Waals surface area contributed by atoms with Gasteiger partial charge in [-0.3, -0.25) is 4.79 Å². The van der Waals surface area contributed by atoms with Crippen molar-refractivity contribution >= 4 is 17.9 Å². The first-order valence-corrected chi connectivity index (χ1v) is 4.61. The van der Waals surface area contributed by atoms with Crippen LogP contribution in [-0.2, 0) is 4.79 Å². The van der Waals surface area contributed by atoms with Gasteiger partial charge in [0.25, 0.3) is 0 Å². The fourth-order valence-corrected chi connectivity index (χ4v) is 0.974. The standard InChI is InChI=1S/C7HClF12O/c8-2(9,1-21)3(10,11)4(12,13)5(14,15)6(16,17)7(18,19)20/h1H. The molecule has 0 N–H and O–H groups in total. The monoisotopic (exact) mass is 364 g/mol. The van der Waals surface area contributed by atoms with Crippen LogP contribution < -0.4 is 0 Å². The van der Waals surface area contributed by atoms with E-state index in [1.54, 1.807) is 0 Å². The van der Waals surface area contributed by atoms with Crippen LogP contribution in [0.3, 0.4) is 0 Å². The summed E-state index contributed by atoms with van der Waals surface area (Å²) < 4.78 is 148. The van der Waals surface area contributed by atoms with Gasteiger partial charge in [0.15, 0.2) is 6.29 Å². The molecule has 0 bridgehead atoms. The number of halogens is 13. The largest absolute Gasteiger partial charge is 0.460 e. The second kappa shape index (κ2) is 4.81. The molecule has 0 aromatic rings. The van der Waals surface area contributed by atoms with E-state index >= 15 is 0 Å². The van der Waals surface area contributed by atoms with Crippen molar-refractivity contribution in [2.24, 2.45) is 0 Å². The molecule has 0 aliphatic carbocycles. The molecule has 0 heterocycles. The van der Waals surface area contributed by atoms with Gasteiger partial charge in [-0.05, 0) is 0 Å². The highest BCUT2D eigenvalue weighted by Gasteiger charge is 2.90. The van der Waals surface area contributed by atoms with Gasteiger partial charge in [-0.1, -0.05) is 11.6 Å². The van der Waals surface area contributed by atoms with Crippen molar-refractivity contribution in [1.82, 2.24) is 0 Å². The lowest BCUT2D eigenvalue weighted by atomic mass is 9.95. The fourth-order valence-electron chi connectivity index (χ4n) is 0.856. The van der Waals surface area contributed by atoms with E-state index in [2.05, 4.69) is 11.6 Å². The minimum atomic E-state index is -7.81. The Bertz CT molecular complexity index is 410. The number of aldehydes is 1. The first-order chi connectivity index (χ1) is 8.81. The van der Waals surface area contributed by atoms with Gasteiger partial charge in [0, 0.05) is 0 Å². The van der Waals surface area contributed by atoms with E-state index < -0.39 is 41.3 Å². The molecule has 0 rings (SSSR count). The molecule has 0 saturated carbocycles. The summed E-state index contributed by atoms with van der Waals surface area (Å²) in [7, 11) is 0. The molecule has 0 saturated heterocycles. The van der Waals surface area contributed by atoms with Gasteiger partial charge in [-0.15, -0.1) is 0 Å². The number of carbonyl (C=O) groups is 1. The second-order valence-electron chi connectivity index (χ2n) is 3.54. The van der Waals surface area contributed by atoms with Gasteiger partial charge in [-0.2, -0.15) is 48.3 Å². The predicted octanol–water partition coefficient (Wildman–Crippen LogP) is 4.19. The SMILES string of the molecule is O=CC(F)(Cl)C(F)(F)C(F)(F)C(F)(F)C(F)(F)C(F)(F)F. The van der Waals surface area contributed by atoms with Crippen LogP contribution in [0, 0.1) is 0 Å². The molecule has 0 spiro atoms. The molecule has 0 radical (unpaired) electrons. The molecule has 126 valence electrons. The molecule has 0 aliphatic heterocycles. The van der Waals surface area contributed by atoms with Crippen LogP contribution in [0.25, 0.3) is 0 Å². The lowest BCUT2D eigenvalue weighted by molar-refractivity contribution is -0.426. The van der Waals surface area contributed by atoms with E-state index in [1.807, 2.05) is 0 Å². The summed E-state index contributed by atoms with van der Waals surface area (Å²) in [5, 5.41) is -5.65. The van der Waals surface area contributed by atoms with Gasteiger partial charge in [-0.25, -0.2) is 4.39 Å². The third-order valence-corrected chi connectivity index (χ3v) is 2.43. The minimum Gasteiger partial charge on any atom is -0.298 e. The predicted molar refractivity (Wildman–Crippen MR) is 41.6 cm³/mol. The highest BCUT2D eigenvalue weighted by atomic mass is 35.5. The van der Waals surface area contributed by atoms with Gasteiger partial charge >= 0.3 is 35.0 Å². The molecule has 0 amide bonds. The average molecular weight is 365 g/mol. The molecule has 1 atom stereocenters. The van der Waals surface area contributed by atoms with Crippen molar-refractivity contribution in [1.29, 1.82) is 0 Å². The quantitative estimate of drug-likeness (QED) is 0.406. The van der Waals surface area contributed by atoms with Gasteiger partial charge in [0.2, 0.25) is 0 Å². The normalized spacial score (nSPS) is 18.3. The van der Waals surface area contributed by atoms with Crippen molar-refractivity contribution in [3.8, 4) is 0 Å². The zero-order valence-electron chi connectivity index (χ0n) is 8.90. The Hall–Kier alpha value is -0.880. The molecule has 0 fully saturated rings.